The number of hydrogen-bond acceptors (Lipinski definition) is 2. The van der Waals surface area contributed by atoms with Gasteiger partial charge in [-0.1, -0.05) is 0 Å². The number of aliphatic hydroxyl groups excluding tert-OH is 1. The van der Waals surface area contributed by atoms with Crippen LogP contribution in [0.25, 0.3) is 10.9 Å². The maximum absolute atomic E-state index is 13.2. The molecule has 2 fully saturated rings. The smallest absolute Gasteiger partial charge is 0.270 e. The van der Waals surface area contributed by atoms with Crippen molar-refractivity contribution in [1.29, 1.82) is 0 Å². The van der Waals surface area contributed by atoms with Crippen molar-refractivity contribution in [3.63, 3.8) is 0 Å². The normalized spacial score (nSPS) is 28.3. The second-order valence-electron chi connectivity index (χ2n) is 6.27. The van der Waals surface area contributed by atoms with E-state index in [1.54, 1.807) is 12.1 Å². The maximum Gasteiger partial charge on any atom is 0.270 e. The summed E-state index contributed by atoms with van der Waals surface area (Å²) in [4.78, 5) is 17.5. The van der Waals surface area contributed by atoms with Crippen molar-refractivity contribution >= 4 is 16.8 Å². The molecule has 1 saturated heterocycles. The van der Waals surface area contributed by atoms with Crippen LogP contribution in [-0.4, -0.2) is 40.1 Å². The molecule has 2 N–H and O–H groups in total. The van der Waals surface area contributed by atoms with E-state index in [2.05, 4.69) is 4.98 Å². The Morgan fingerprint density at radius 1 is 1.24 bits per heavy atom. The molecular weight excluding hydrogens is 271 g/mol. The number of amides is 1. The molecule has 4 rings (SSSR count). The predicted octanol–water partition coefficient (Wildman–Crippen LogP) is 2.15. The highest BCUT2D eigenvalue weighted by Crippen LogP contribution is 2.38. The zero-order valence-corrected chi connectivity index (χ0v) is 11.6. The molecule has 4 nitrogen and oxygen atoms in total. The van der Waals surface area contributed by atoms with E-state index in [4.69, 9.17) is 0 Å². The largest absolute Gasteiger partial charge is 0.393 e. The van der Waals surface area contributed by atoms with Gasteiger partial charge < -0.3 is 15.0 Å². The second-order valence-corrected chi connectivity index (χ2v) is 6.27. The highest BCUT2D eigenvalue weighted by molar-refractivity contribution is 5.98. The Hall–Kier alpha value is -1.88. The van der Waals surface area contributed by atoms with E-state index in [1.807, 2.05) is 4.90 Å². The van der Waals surface area contributed by atoms with Crippen LogP contribution in [0.4, 0.5) is 4.39 Å². The van der Waals surface area contributed by atoms with Gasteiger partial charge in [0.2, 0.25) is 0 Å². The van der Waals surface area contributed by atoms with Crippen molar-refractivity contribution in [1.82, 2.24) is 9.88 Å². The van der Waals surface area contributed by atoms with E-state index in [-0.39, 0.29) is 17.8 Å². The Balaban J connectivity index is 1.57. The first-order chi connectivity index (χ1) is 10.1. The van der Waals surface area contributed by atoms with E-state index in [9.17, 15) is 14.3 Å². The number of nitrogens with one attached hydrogen (secondary N) is 1. The summed E-state index contributed by atoms with van der Waals surface area (Å²) in [5.74, 6) is 0.511. The fourth-order valence-corrected chi connectivity index (χ4v) is 3.82. The second kappa shape index (κ2) is 4.56. The van der Waals surface area contributed by atoms with Gasteiger partial charge in [0, 0.05) is 24.0 Å². The molecule has 3 atom stereocenters. The van der Waals surface area contributed by atoms with Gasteiger partial charge in [-0.15, -0.1) is 0 Å². The zero-order valence-electron chi connectivity index (χ0n) is 11.6. The number of likely N-dealkylation sites (tertiary alicyclic amines) is 1. The van der Waals surface area contributed by atoms with Gasteiger partial charge in [0.15, 0.2) is 0 Å². The van der Waals surface area contributed by atoms with Crippen molar-refractivity contribution in [2.24, 2.45) is 11.8 Å². The van der Waals surface area contributed by atoms with Gasteiger partial charge in [-0.2, -0.15) is 0 Å². The summed E-state index contributed by atoms with van der Waals surface area (Å²) in [7, 11) is 0. The number of aliphatic hydroxyl groups is 1. The van der Waals surface area contributed by atoms with Gasteiger partial charge in [0.05, 0.1) is 6.10 Å². The fourth-order valence-electron chi connectivity index (χ4n) is 3.82. The van der Waals surface area contributed by atoms with E-state index in [0.717, 1.165) is 18.4 Å². The lowest BCUT2D eigenvalue weighted by Gasteiger charge is -2.17. The summed E-state index contributed by atoms with van der Waals surface area (Å²) < 4.78 is 13.2. The molecule has 1 amide bonds. The van der Waals surface area contributed by atoms with Crippen LogP contribution >= 0.6 is 0 Å². The molecule has 1 aliphatic carbocycles. The molecule has 1 saturated carbocycles. The Morgan fingerprint density at radius 3 is 2.67 bits per heavy atom. The van der Waals surface area contributed by atoms with Crippen LogP contribution in [0.15, 0.2) is 24.3 Å². The van der Waals surface area contributed by atoms with Crippen LogP contribution < -0.4 is 0 Å². The summed E-state index contributed by atoms with van der Waals surface area (Å²) >= 11 is 0. The third-order valence-corrected chi connectivity index (χ3v) is 4.83. The molecule has 2 aromatic rings. The standard InChI is InChI=1S/C16H17FN2O2/c17-12-1-2-14-9(3-12)6-15(18-14)16(21)19-7-10-4-13(20)5-11(10)8-19/h1-3,6,10-11,13,18,20H,4-5,7-8H2/t10-,11+,13?. The first-order valence-electron chi connectivity index (χ1n) is 7.36. The number of carbonyl (C=O) groups is 1. The predicted molar refractivity (Wildman–Crippen MR) is 76.4 cm³/mol. The lowest BCUT2D eigenvalue weighted by Crippen LogP contribution is -2.30. The first kappa shape index (κ1) is 12.8. The molecule has 0 spiro atoms. The summed E-state index contributed by atoms with van der Waals surface area (Å²) in [5.41, 5.74) is 1.28. The average molecular weight is 288 g/mol. The molecule has 1 aromatic heterocycles. The van der Waals surface area contributed by atoms with Crippen molar-refractivity contribution in [3.8, 4) is 0 Å². The maximum atomic E-state index is 13.2. The van der Waals surface area contributed by atoms with E-state index < -0.39 is 0 Å². The highest BCUT2D eigenvalue weighted by atomic mass is 19.1. The van der Waals surface area contributed by atoms with Crippen LogP contribution in [0.5, 0.6) is 0 Å². The number of fused-ring (bicyclic) bond motifs is 2. The number of hydrogen-bond donors (Lipinski definition) is 2. The van der Waals surface area contributed by atoms with E-state index >= 15 is 0 Å². The molecule has 1 aliphatic heterocycles. The van der Waals surface area contributed by atoms with Crippen molar-refractivity contribution in [3.05, 3.63) is 35.8 Å². The summed E-state index contributed by atoms with van der Waals surface area (Å²) in [5, 5.41) is 10.4. The number of H-pyrrole nitrogens is 1. The molecule has 0 radical (unpaired) electrons. The summed E-state index contributed by atoms with van der Waals surface area (Å²) in [6.07, 6.45) is 1.40. The first-order valence-corrected chi connectivity index (χ1v) is 7.36. The number of aromatic nitrogens is 1. The van der Waals surface area contributed by atoms with Gasteiger partial charge in [0.25, 0.3) is 5.91 Å². The van der Waals surface area contributed by atoms with Crippen molar-refractivity contribution < 1.29 is 14.3 Å². The number of nitrogens with zero attached hydrogens (tertiary/aromatic N) is 1. The molecule has 1 unspecified atom stereocenters. The third kappa shape index (κ3) is 2.12. The number of benzene rings is 1. The molecule has 2 heterocycles. The van der Waals surface area contributed by atoms with Gasteiger partial charge in [-0.05, 0) is 48.9 Å². The zero-order chi connectivity index (χ0) is 14.6. The third-order valence-electron chi connectivity index (χ3n) is 4.83. The lowest BCUT2D eigenvalue weighted by molar-refractivity contribution is 0.0760. The minimum atomic E-state index is -0.301. The topological polar surface area (TPSA) is 56.3 Å². The van der Waals surface area contributed by atoms with Crippen LogP contribution in [-0.2, 0) is 0 Å². The van der Waals surface area contributed by atoms with Gasteiger partial charge in [0.1, 0.15) is 11.5 Å². The highest BCUT2D eigenvalue weighted by Gasteiger charge is 2.42. The number of aromatic amines is 1. The van der Waals surface area contributed by atoms with Crippen LogP contribution in [0, 0.1) is 17.7 Å². The molecule has 110 valence electrons. The van der Waals surface area contributed by atoms with Gasteiger partial charge in [-0.3, -0.25) is 4.79 Å². The number of carbonyl (C=O) groups excluding carboxylic acids is 1. The molecule has 5 heteroatoms. The lowest BCUT2D eigenvalue weighted by atomic mass is 10.0. The minimum Gasteiger partial charge on any atom is -0.393 e. The van der Waals surface area contributed by atoms with E-state index in [0.29, 0.717) is 36.0 Å². The van der Waals surface area contributed by atoms with Crippen LogP contribution in [0.2, 0.25) is 0 Å². The molecule has 1 aromatic carbocycles. The summed E-state index contributed by atoms with van der Waals surface area (Å²) in [6, 6.07) is 6.17. The van der Waals surface area contributed by atoms with Crippen LogP contribution in [0.3, 0.4) is 0 Å². The summed E-state index contributed by atoms with van der Waals surface area (Å²) in [6.45, 7) is 1.43. The molecule has 2 aliphatic rings. The quantitative estimate of drug-likeness (QED) is 0.845. The Labute approximate surface area is 121 Å². The van der Waals surface area contributed by atoms with Crippen molar-refractivity contribution in [2.75, 3.05) is 13.1 Å². The minimum absolute atomic E-state index is 0.0319. The monoisotopic (exact) mass is 288 g/mol. The fraction of sp³-hybridized carbons (Fsp3) is 0.438. The Kier molecular flexibility index (Phi) is 2.79. The SMILES string of the molecule is O=C(c1cc2cc(F)ccc2[nH]1)N1C[C@H]2CC(O)C[C@H]2C1. The van der Waals surface area contributed by atoms with Gasteiger partial charge >= 0.3 is 0 Å². The number of halogens is 1. The van der Waals surface area contributed by atoms with Crippen LogP contribution in [0.1, 0.15) is 23.3 Å². The molecular formula is C16H17FN2O2. The van der Waals surface area contributed by atoms with Gasteiger partial charge in [-0.25, -0.2) is 4.39 Å². The molecule has 21 heavy (non-hydrogen) atoms. The van der Waals surface area contributed by atoms with Crippen molar-refractivity contribution in [2.45, 2.75) is 18.9 Å². The molecule has 0 bridgehead atoms. The average Bonchev–Trinajstić information content (AvgIpc) is 3.08. The Morgan fingerprint density at radius 2 is 1.95 bits per heavy atom. The van der Waals surface area contributed by atoms with E-state index in [1.165, 1.54) is 12.1 Å². The Bertz CT molecular complexity index is 697. The number of rotatable bonds is 1.